The lowest BCUT2D eigenvalue weighted by Gasteiger charge is -2.08. The van der Waals surface area contributed by atoms with Gasteiger partial charge in [0, 0.05) is 11.9 Å². The van der Waals surface area contributed by atoms with Gasteiger partial charge in [-0.1, -0.05) is 0 Å². The van der Waals surface area contributed by atoms with Gasteiger partial charge in [-0.05, 0) is 24.3 Å². The lowest BCUT2D eigenvalue weighted by atomic mass is 10.2. The quantitative estimate of drug-likeness (QED) is 0.832. The van der Waals surface area contributed by atoms with Gasteiger partial charge in [0.1, 0.15) is 11.8 Å². The normalized spacial score (nSPS) is 9.89. The highest BCUT2D eigenvalue weighted by Gasteiger charge is 2.13. The first-order valence-electron chi connectivity index (χ1n) is 4.88. The molecule has 0 unspecified atom stereocenters. The third-order valence-corrected chi connectivity index (χ3v) is 2.19. The van der Waals surface area contributed by atoms with Crippen LogP contribution in [0.15, 0.2) is 30.5 Å². The third kappa shape index (κ3) is 2.25. The summed E-state index contributed by atoms with van der Waals surface area (Å²) >= 11 is 0. The summed E-state index contributed by atoms with van der Waals surface area (Å²) in [5.74, 6) is -4.12. The number of pyridine rings is 1. The summed E-state index contributed by atoms with van der Waals surface area (Å²) < 4.78 is 39.1. The lowest BCUT2D eigenvalue weighted by molar-refractivity contribution is 0.449. The highest BCUT2D eigenvalue weighted by atomic mass is 19.2. The summed E-state index contributed by atoms with van der Waals surface area (Å²) in [7, 11) is 0. The van der Waals surface area contributed by atoms with Crippen molar-refractivity contribution in [2.24, 2.45) is 0 Å². The van der Waals surface area contributed by atoms with Crippen molar-refractivity contribution in [1.82, 2.24) is 4.98 Å². The smallest absolute Gasteiger partial charge is 0.196 e. The van der Waals surface area contributed by atoms with Gasteiger partial charge in [0.05, 0.1) is 5.69 Å². The molecule has 0 spiro atoms. The van der Waals surface area contributed by atoms with Crippen LogP contribution in [-0.2, 0) is 0 Å². The Morgan fingerprint density at radius 2 is 1.89 bits per heavy atom. The fourth-order valence-corrected chi connectivity index (χ4v) is 1.35. The molecule has 0 saturated heterocycles. The number of nitriles is 1. The maximum atomic E-state index is 13.4. The molecule has 0 aliphatic heterocycles. The molecule has 2 rings (SSSR count). The van der Waals surface area contributed by atoms with Crippen molar-refractivity contribution in [2.45, 2.75) is 0 Å². The highest BCUT2D eigenvalue weighted by molar-refractivity contribution is 5.60. The molecule has 2 aromatic rings. The van der Waals surface area contributed by atoms with Gasteiger partial charge in [-0.25, -0.2) is 18.2 Å². The molecule has 18 heavy (non-hydrogen) atoms. The van der Waals surface area contributed by atoms with Crippen LogP contribution in [0.25, 0.3) is 0 Å². The molecule has 0 saturated carbocycles. The van der Waals surface area contributed by atoms with E-state index in [1.165, 1.54) is 18.3 Å². The third-order valence-electron chi connectivity index (χ3n) is 2.19. The lowest BCUT2D eigenvalue weighted by Crippen LogP contribution is -1.99. The van der Waals surface area contributed by atoms with E-state index in [9.17, 15) is 13.2 Å². The fraction of sp³-hybridized carbons (Fsp3) is 0. The van der Waals surface area contributed by atoms with Crippen molar-refractivity contribution in [1.29, 1.82) is 5.26 Å². The van der Waals surface area contributed by atoms with E-state index in [1.54, 1.807) is 0 Å². The van der Waals surface area contributed by atoms with Gasteiger partial charge in [0.25, 0.3) is 0 Å². The zero-order chi connectivity index (χ0) is 13.1. The summed E-state index contributed by atoms with van der Waals surface area (Å²) in [5, 5.41) is 11.2. The number of benzene rings is 1. The highest BCUT2D eigenvalue weighted by Crippen LogP contribution is 2.23. The summed E-state index contributed by atoms with van der Waals surface area (Å²) in [6.45, 7) is 0. The Morgan fingerprint density at radius 1 is 1.11 bits per heavy atom. The van der Waals surface area contributed by atoms with E-state index in [2.05, 4.69) is 10.3 Å². The van der Waals surface area contributed by atoms with Crippen LogP contribution in [0.2, 0.25) is 0 Å². The zero-order valence-electron chi connectivity index (χ0n) is 8.92. The Hall–Kier alpha value is -2.55. The second-order valence-electron chi connectivity index (χ2n) is 3.39. The predicted octanol–water partition coefficient (Wildman–Crippen LogP) is 3.11. The predicted molar refractivity (Wildman–Crippen MR) is 58.6 cm³/mol. The van der Waals surface area contributed by atoms with Gasteiger partial charge in [0.15, 0.2) is 17.5 Å². The number of nitrogens with one attached hydrogen (secondary N) is 1. The van der Waals surface area contributed by atoms with Crippen LogP contribution in [0.4, 0.5) is 24.5 Å². The van der Waals surface area contributed by atoms with Crippen LogP contribution < -0.4 is 5.32 Å². The van der Waals surface area contributed by atoms with Crippen molar-refractivity contribution in [3.05, 3.63) is 53.6 Å². The van der Waals surface area contributed by atoms with E-state index in [0.717, 1.165) is 12.1 Å². The van der Waals surface area contributed by atoms with Crippen molar-refractivity contribution in [3.63, 3.8) is 0 Å². The maximum Gasteiger partial charge on any atom is 0.196 e. The molecule has 0 fully saturated rings. The minimum Gasteiger partial charge on any atom is -0.353 e. The second kappa shape index (κ2) is 4.75. The summed E-state index contributed by atoms with van der Waals surface area (Å²) in [5.41, 5.74) is 0.262. The van der Waals surface area contributed by atoms with Crippen LogP contribution in [-0.4, -0.2) is 4.98 Å². The maximum absolute atomic E-state index is 13.4. The Labute approximate surface area is 101 Å². The molecule has 0 amide bonds. The van der Waals surface area contributed by atoms with E-state index in [1.807, 2.05) is 6.07 Å². The molecule has 1 N–H and O–H groups in total. The zero-order valence-corrected chi connectivity index (χ0v) is 8.92. The Morgan fingerprint density at radius 3 is 2.61 bits per heavy atom. The summed E-state index contributed by atoms with van der Waals surface area (Å²) in [4.78, 5) is 3.72. The van der Waals surface area contributed by atoms with Gasteiger partial charge >= 0.3 is 0 Å². The number of hydrogen-bond donors (Lipinski definition) is 1. The summed E-state index contributed by atoms with van der Waals surface area (Å²) in [6, 6.07) is 6.53. The average Bonchev–Trinajstić information content (AvgIpc) is 2.40. The fourth-order valence-electron chi connectivity index (χ4n) is 1.35. The van der Waals surface area contributed by atoms with E-state index >= 15 is 0 Å². The van der Waals surface area contributed by atoms with Crippen LogP contribution in [0.1, 0.15) is 5.69 Å². The molecule has 3 nitrogen and oxygen atoms in total. The Balaban J connectivity index is 2.35. The molecule has 1 aromatic carbocycles. The van der Waals surface area contributed by atoms with Crippen molar-refractivity contribution < 1.29 is 13.2 Å². The van der Waals surface area contributed by atoms with Crippen LogP contribution in [0.3, 0.4) is 0 Å². The second-order valence-corrected chi connectivity index (χ2v) is 3.39. The Kier molecular flexibility index (Phi) is 3.15. The first-order valence-corrected chi connectivity index (χ1v) is 4.88. The summed E-state index contributed by atoms with van der Waals surface area (Å²) in [6.07, 6.45) is 1.35. The standard InChI is InChI=1S/C12H6F3N3/c13-9-1-2-10(12(15)11(9)14)18-7-3-4-17-8(5-7)6-16/h1-5H,(H,17,18). The minimum absolute atomic E-state index is 0.128. The number of anilines is 2. The molecular formula is C12H6F3N3. The SMILES string of the molecule is N#Cc1cc(Nc2ccc(F)c(F)c2F)ccn1. The molecule has 0 aliphatic rings. The van der Waals surface area contributed by atoms with E-state index in [4.69, 9.17) is 5.26 Å². The molecule has 90 valence electrons. The number of rotatable bonds is 2. The molecule has 0 aliphatic carbocycles. The van der Waals surface area contributed by atoms with Gasteiger partial charge in [-0.2, -0.15) is 5.26 Å². The molecule has 1 aromatic heterocycles. The first-order chi connectivity index (χ1) is 8.61. The van der Waals surface area contributed by atoms with Crippen LogP contribution in [0, 0.1) is 28.8 Å². The van der Waals surface area contributed by atoms with Gasteiger partial charge in [-0.15, -0.1) is 0 Å². The minimum atomic E-state index is -1.55. The number of halogens is 3. The van der Waals surface area contributed by atoms with Crippen molar-refractivity contribution in [3.8, 4) is 6.07 Å². The first kappa shape index (κ1) is 11.9. The molecular weight excluding hydrogens is 243 g/mol. The van der Waals surface area contributed by atoms with Crippen molar-refractivity contribution >= 4 is 11.4 Å². The number of aromatic nitrogens is 1. The van der Waals surface area contributed by atoms with Crippen LogP contribution in [0.5, 0.6) is 0 Å². The number of nitrogens with zero attached hydrogens (tertiary/aromatic N) is 2. The molecule has 0 atom stereocenters. The van der Waals surface area contributed by atoms with Crippen LogP contribution >= 0.6 is 0 Å². The van der Waals surface area contributed by atoms with E-state index in [0.29, 0.717) is 5.69 Å². The van der Waals surface area contributed by atoms with E-state index < -0.39 is 17.5 Å². The van der Waals surface area contributed by atoms with Gasteiger partial charge in [0.2, 0.25) is 0 Å². The van der Waals surface area contributed by atoms with Crippen molar-refractivity contribution in [2.75, 3.05) is 5.32 Å². The van der Waals surface area contributed by atoms with Gasteiger partial charge in [-0.3, -0.25) is 0 Å². The average molecular weight is 249 g/mol. The molecule has 6 heteroatoms. The molecule has 0 bridgehead atoms. The Bertz CT molecular complexity index is 635. The monoisotopic (exact) mass is 249 g/mol. The largest absolute Gasteiger partial charge is 0.353 e. The topological polar surface area (TPSA) is 48.7 Å². The van der Waals surface area contributed by atoms with E-state index in [-0.39, 0.29) is 11.4 Å². The molecule has 1 heterocycles. The molecule has 0 radical (unpaired) electrons. The number of hydrogen-bond acceptors (Lipinski definition) is 3. The van der Waals surface area contributed by atoms with Gasteiger partial charge < -0.3 is 5.32 Å².